The lowest BCUT2D eigenvalue weighted by Crippen LogP contribution is -2.38. The van der Waals surface area contributed by atoms with Crippen LogP contribution >= 0.6 is 11.3 Å². The maximum absolute atomic E-state index is 11.0. The molecule has 0 aliphatic heterocycles. The molecule has 0 aromatic carbocycles. The Bertz CT molecular complexity index is 424. The van der Waals surface area contributed by atoms with Gasteiger partial charge in [-0.15, -0.1) is 11.3 Å². The van der Waals surface area contributed by atoms with Gasteiger partial charge in [0.15, 0.2) is 0 Å². The first-order valence-electron chi connectivity index (χ1n) is 6.78. The molecule has 0 amide bonds. The second-order valence-corrected chi connectivity index (χ2v) is 6.32. The number of aliphatic hydroxyl groups excluding tert-OH is 1. The lowest BCUT2D eigenvalue weighted by molar-refractivity contribution is 0.0699. The fourth-order valence-corrected chi connectivity index (χ4v) is 3.58. The van der Waals surface area contributed by atoms with Gasteiger partial charge in [0.25, 0.3) is 0 Å². The molecule has 1 fully saturated rings. The largest absolute Gasteiger partial charge is 0.477 e. The average Bonchev–Trinajstić information content (AvgIpc) is 2.88. The van der Waals surface area contributed by atoms with Crippen molar-refractivity contribution in [3.63, 3.8) is 0 Å². The second kappa shape index (κ2) is 6.50. The van der Waals surface area contributed by atoms with E-state index in [1.807, 2.05) is 11.4 Å². The van der Waals surface area contributed by atoms with E-state index in [1.54, 1.807) is 0 Å². The molecule has 19 heavy (non-hydrogen) atoms. The number of thiophene rings is 1. The Kier molecular flexibility index (Phi) is 4.96. The Hall–Kier alpha value is -0.910. The summed E-state index contributed by atoms with van der Waals surface area (Å²) in [6, 6.07) is 1.85. The lowest BCUT2D eigenvalue weighted by atomic mass is 9.74. The Morgan fingerprint density at radius 1 is 1.37 bits per heavy atom. The Balaban J connectivity index is 1.88. The Morgan fingerprint density at radius 2 is 2.11 bits per heavy atom. The molecule has 1 aliphatic carbocycles. The number of aliphatic hydroxyl groups is 1. The van der Waals surface area contributed by atoms with Gasteiger partial charge in [0.05, 0.1) is 0 Å². The summed E-state index contributed by atoms with van der Waals surface area (Å²) in [6.07, 6.45) is 5.75. The summed E-state index contributed by atoms with van der Waals surface area (Å²) in [7, 11) is 0. The molecular formula is C14H21NO3S. The first kappa shape index (κ1) is 14.5. The topological polar surface area (TPSA) is 69.6 Å². The molecule has 106 valence electrons. The van der Waals surface area contributed by atoms with Crippen LogP contribution in [0.3, 0.4) is 0 Å². The van der Waals surface area contributed by atoms with Gasteiger partial charge in [0.1, 0.15) is 4.88 Å². The maximum Gasteiger partial charge on any atom is 0.346 e. The summed E-state index contributed by atoms with van der Waals surface area (Å²) in [6.45, 7) is 1.54. The van der Waals surface area contributed by atoms with E-state index in [0.29, 0.717) is 11.4 Å². The number of rotatable bonds is 6. The Labute approximate surface area is 117 Å². The molecule has 3 N–H and O–H groups in total. The minimum atomic E-state index is -0.860. The quantitative estimate of drug-likeness (QED) is 0.750. The monoisotopic (exact) mass is 283 g/mol. The number of hydrogen-bond acceptors (Lipinski definition) is 4. The van der Waals surface area contributed by atoms with Crippen molar-refractivity contribution in [2.45, 2.75) is 38.6 Å². The van der Waals surface area contributed by atoms with Gasteiger partial charge in [-0.2, -0.15) is 0 Å². The molecule has 0 unspecified atom stereocenters. The van der Waals surface area contributed by atoms with E-state index in [2.05, 4.69) is 5.32 Å². The highest BCUT2D eigenvalue weighted by atomic mass is 32.1. The van der Waals surface area contributed by atoms with E-state index in [1.165, 1.54) is 30.6 Å². The van der Waals surface area contributed by atoms with Crippen LogP contribution in [0.5, 0.6) is 0 Å². The number of carbonyl (C=O) groups is 1. The van der Waals surface area contributed by atoms with Gasteiger partial charge in [-0.1, -0.05) is 19.3 Å². The van der Waals surface area contributed by atoms with E-state index >= 15 is 0 Å². The summed E-state index contributed by atoms with van der Waals surface area (Å²) in [5.74, 6) is -0.860. The van der Waals surface area contributed by atoms with Crippen LogP contribution in [0.2, 0.25) is 0 Å². The Morgan fingerprint density at radius 3 is 2.74 bits per heavy atom. The zero-order valence-corrected chi connectivity index (χ0v) is 11.8. The summed E-state index contributed by atoms with van der Waals surface area (Å²) in [5.41, 5.74) is 0.832. The van der Waals surface area contributed by atoms with Crippen LogP contribution in [0, 0.1) is 5.41 Å². The molecule has 0 radical (unpaired) electrons. The van der Waals surface area contributed by atoms with Crippen LogP contribution in [0.4, 0.5) is 0 Å². The highest BCUT2D eigenvalue weighted by molar-refractivity contribution is 7.12. The van der Waals surface area contributed by atoms with E-state index in [9.17, 15) is 9.90 Å². The molecule has 0 spiro atoms. The molecule has 1 aliphatic rings. The normalized spacial score (nSPS) is 18.4. The van der Waals surface area contributed by atoms with Crippen LogP contribution < -0.4 is 5.32 Å². The number of nitrogens with one attached hydrogen (secondary N) is 1. The lowest BCUT2D eigenvalue weighted by Gasteiger charge is -2.35. The third-order valence-corrected chi connectivity index (χ3v) is 4.95. The van der Waals surface area contributed by atoms with E-state index in [-0.39, 0.29) is 12.0 Å². The second-order valence-electron chi connectivity index (χ2n) is 5.40. The zero-order valence-electron chi connectivity index (χ0n) is 11.0. The number of carboxylic acid groups (broad SMARTS) is 1. The molecule has 1 heterocycles. The minimum Gasteiger partial charge on any atom is -0.477 e. The van der Waals surface area contributed by atoms with E-state index < -0.39 is 5.97 Å². The van der Waals surface area contributed by atoms with Crippen molar-refractivity contribution >= 4 is 17.3 Å². The standard InChI is InChI=1S/C14H21NO3S/c16-10-14(5-2-1-3-6-14)9-15-8-11-4-7-19-12(11)13(17)18/h4,7,15-16H,1-3,5-6,8-10H2,(H,17,18). The minimum absolute atomic E-state index is 0.00232. The number of carboxylic acids is 1. The van der Waals surface area contributed by atoms with Crippen molar-refractivity contribution in [2.75, 3.05) is 13.2 Å². The van der Waals surface area contributed by atoms with Crippen LogP contribution in [0.25, 0.3) is 0 Å². The van der Waals surface area contributed by atoms with Gasteiger partial charge in [-0.25, -0.2) is 4.79 Å². The van der Waals surface area contributed by atoms with E-state index in [4.69, 9.17) is 5.11 Å². The molecule has 0 bridgehead atoms. The molecular weight excluding hydrogens is 262 g/mol. The molecule has 4 nitrogen and oxygen atoms in total. The zero-order chi connectivity index (χ0) is 13.7. The highest BCUT2D eigenvalue weighted by Crippen LogP contribution is 2.35. The fourth-order valence-electron chi connectivity index (χ4n) is 2.82. The number of aromatic carboxylic acids is 1. The van der Waals surface area contributed by atoms with Crippen molar-refractivity contribution in [1.29, 1.82) is 0 Å². The van der Waals surface area contributed by atoms with Crippen LogP contribution in [0.15, 0.2) is 11.4 Å². The summed E-state index contributed by atoms with van der Waals surface area (Å²) < 4.78 is 0. The van der Waals surface area contributed by atoms with Gasteiger partial charge in [-0.05, 0) is 29.9 Å². The van der Waals surface area contributed by atoms with Gasteiger partial charge in [0, 0.05) is 25.1 Å². The van der Waals surface area contributed by atoms with E-state index in [0.717, 1.165) is 24.9 Å². The predicted octanol–water partition coefficient (Wildman–Crippen LogP) is 2.48. The first-order chi connectivity index (χ1) is 9.17. The number of hydrogen-bond donors (Lipinski definition) is 3. The highest BCUT2D eigenvalue weighted by Gasteiger charge is 2.30. The van der Waals surface area contributed by atoms with Crippen molar-refractivity contribution in [1.82, 2.24) is 5.32 Å². The van der Waals surface area contributed by atoms with Gasteiger partial charge in [-0.3, -0.25) is 0 Å². The van der Waals surface area contributed by atoms with Crippen molar-refractivity contribution < 1.29 is 15.0 Å². The molecule has 2 rings (SSSR count). The molecule has 1 saturated carbocycles. The van der Waals surface area contributed by atoms with Crippen LogP contribution in [-0.2, 0) is 6.54 Å². The first-order valence-corrected chi connectivity index (χ1v) is 7.66. The van der Waals surface area contributed by atoms with Crippen molar-refractivity contribution in [2.24, 2.45) is 5.41 Å². The average molecular weight is 283 g/mol. The van der Waals surface area contributed by atoms with Gasteiger partial charge < -0.3 is 15.5 Å². The molecule has 0 saturated heterocycles. The SMILES string of the molecule is O=C(O)c1sccc1CNCC1(CO)CCCCC1. The molecule has 1 aromatic heterocycles. The summed E-state index contributed by atoms with van der Waals surface area (Å²) in [5, 5.41) is 23.8. The van der Waals surface area contributed by atoms with Crippen LogP contribution in [0.1, 0.15) is 47.3 Å². The smallest absolute Gasteiger partial charge is 0.346 e. The predicted molar refractivity (Wildman–Crippen MR) is 75.6 cm³/mol. The summed E-state index contributed by atoms with van der Waals surface area (Å²) >= 11 is 1.26. The third-order valence-electron chi connectivity index (χ3n) is 4.01. The molecule has 0 atom stereocenters. The molecule has 1 aromatic rings. The van der Waals surface area contributed by atoms with Gasteiger partial charge in [0.2, 0.25) is 0 Å². The van der Waals surface area contributed by atoms with Gasteiger partial charge >= 0.3 is 5.97 Å². The molecule has 5 heteroatoms. The van der Waals surface area contributed by atoms with Crippen molar-refractivity contribution in [3.05, 3.63) is 21.9 Å². The summed E-state index contributed by atoms with van der Waals surface area (Å²) in [4.78, 5) is 11.4. The van der Waals surface area contributed by atoms with Crippen LogP contribution in [-0.4, -0.2) is 29.3 Å². The third kappa shape index (κ3) is 3.55. The van der Waals surface area contributed by atoms with Crippen molar-refractivity contribution in [3.8, 4) is 0 Å². The fraction of sp³-hybridized carbons (Fsp3) is 0.643. The maximum atomic E-state index is 11.0.